The topological polar surface area (TPSA) is 284 Å². The summed E-state index contributed by atoms with van der Waals surface area (Å²) in [6, 6.07) is 0. The van der Waals surface area contributed by atoms with Gasteiger partial charge in [-0.25, -0.2) is 0 Å². The highest BCUT2D eigenvalue weighted by molar-refractivity contribution is 5.82. The fourth-order valence-electron chi connectivity index (χ4n) is 15.2. The number of rotatable bonds is 8. The van der Waals surface area contributed by atoms with Crippen molar-refractivity contribution in [1.29, 1.82) is 0 Å². The summed E-state index contributed by atoms with van der Waals surface area (Å²) < 4.78 is 42.2. The molecule has 4 aliphatic heterocycles. The second kappa shape index (κ2) is 16.6. The molecule has 9 rings (SSSR count). The van der Waals surface area contributed by atoms with Gasteiger partial charge in [0.25, 0.3) is 0 Å². The molecule has 24 atom stereocenters. The summed E-state index contributed by atoms with van der Waals surface area (Å²) in [5, 5.41) is 108. The highest BCUT2D eigenvalue weighted by Gasteiger charge is 2.74. The Kier molecular flexibility index (Phi) is 12.4. The number of hydrogen-bond acceptors (Lipinski definition) is 18. The van der Waals surface area contributed by atoms with Gasteiger partial charge in [0.1, 0.15) is 78.7 Å². The number of aliphatic hydroxyl groups excluding tert-OH is 10. The Morgan fingerprint density at radius 1 is 0.708 bits per heavy atom. The van der Waals surface area contributed by atoms with Crippen LogP contribution in [0.3, 0.4) is 0 Å². The van der Waals surface area contributed by atoms with Gasteiger partial charge in [0, 0.05) is 11.8 Å². The van der Waals surface area contributed by atoms with Crippen molar-refractivity contribution in [1.82, 2.24) is 0 Å². The minimum Gasteiger partial charge on any atom is -0.461 e. The maximum absolute atomic E-state index is 13.8. The Bertz CT molecular complexity index is 1830. The van der Waals surface area contributed by atoms with Gasteiger partial charge >= 0.3 is 5.97 Å². The van der Waals surface area contributed by atoms with Gasteiger partial charge in [0.2, 0.25) is 0 Å². The first kappa shape index (κ1) is 48.6. The third-order valence-electron chi connectivity index (χ3n) is 19.4. The molecule has 0 aromatic heterocycles. The Morgan fingerprint density at radius 3 is 2.09 bits per heavy atom. The third kappa shape index (κ3) is 7.12. The Labute approximate surface area is 380 Å². The lowest BCUT2D eigenvalue weighted by Gasteiger charge is -2.71. The quantitative estimate of drug-likeness (QED) is 0.0855. The molecule has 9 aliphatic rings. The molecular weight excluding hydrogens is 852 g/mol. The molecule has 4 saturated heterocycles. The zero-order valence-corrected chi connectivity index (χ0v) is 38.6. The second-order valence-electron chi connectivity index (χ2n) is 23.3. The van der Waals surface area contributed by atoms with E-state index in [0.717, 1.165) is 32.1 Å². The number of ether oxygens (including phenoxy) is 7. The van der Waals surface area contributed by atoms with E-state index >= 15 is 0 Å². The summed E-state index contributed by atoms with van der Waals surface area (Å²) in [5.74, 6) is 0.00221. The first-order chi connectivity index (χ1) is 30.4. The van der Waals surface area contributed by atoms with Crippen LogP contribution in [0, 0.1) is 50.2 Å². The van der Waals surface area contributed by atoms with Crippen molar-refractivity contribution in [2.45, 2.75) is 204 Å². The predicted octanol–water partition coefficient (Wildman–Crippen LogP) is -0.233. The Balaban J connectivity index is 0.978. The molecule has 0 aromatic carbocycles. The lowest BCUT2D eigenvalue weighted by molar-refractivity contribution is -0.381. The molecule has 10 N–H and O–H groups in total. The van der Waals surface area contributed by atoms with E-state index in [1.165, 1.54) is 5.57 Å². The number of carbonyl (C=O) groups is 1. The number of hydrogen-bond donors (Lipinski definition) is 10. The minimum absolute atomic E-state index is 0.0992. The Hall–Kier alpha value is -1.43. The maximum atomic E-state index is 13.8. The summed E-state index contributed by atoms with van der Waals surface area (Å²) in [6.07, 6.45) is -15.4. The third-order valence-corrected chi connectivity index (χ3v) is 19.4. The standard InChI is InChI=1S/C47H74O18/c1-42(2)14-21-20-8-9-26-44(5)12-11-28(43(3,4)25(44)10-13-45(26,6)46(20,7)15-27(50)47(21)16-29(42)64-41(47)58)63-40-37(65-39-36(57)33(54)31(52)23(17-48)61-39)34(55)32(53)24(62-40)19-60-38-35(56)30(51)22(49)18-59-38/h8,21-40,48-57H,9-19H2,1-7H3/t21-,22-,23+,24+,25+,26+,27-,28-,29+,30+,31-,32+,33+,34-,35-,36-,37+,38+,39+,40-,44-,45-,46+,47-/m1/s1. The molecule has 2 bridgehead atoms. The SMILES string of the molecule is CC1(C)C[C@@H]2C3=CC[C@H]4[C@]5(C)CC[C@@H](O[C@H]6O[C@@H](CO[C@@H]7OC[C@@H](O)[C@H](O)[C@H]7O)[C@H](O)[C@@H](O)[C@@H]6O[C@@H]6O[C@@H](CO)[C@@H](O)[C@H](O)[C@H]6O)C(C)(C)[C@@H]5CC[C@@]4(C)[C@@]3(C)C[C@@H](O)[C@@]23C[C@@H]1OC3=O. The smallest absolute Gasteiger partial charge is 0.315 e. The average molecular weight is 927 g/mol. The molecule has 370 valence electrons. The molecule has 8 fully saturated rings. The van der Waals surface area contributed by atoms with Crippen LogP contribution in [0.2, 0.25) is 0 Å². The van der Waals surface area contributed by atoms with E-state index in [1.54, 1.807) is 0 Å². The van der Waals surface area contributed by atoms with Gasteiger partial charge in [-0.15, -0.1) is 0 Å². The molecule has 1 spiro atoms. The van der Waals surface area contributed by atoms with E-state index in [4.69, 9.17) is 33.2 Å². The van der Waals surface area contributed by atoms with Gasteiger partial charge in [-0.1, -0.05) is 60.1 Å². The van der Waals surface area contributed by atoms with Crippen LogP contribution in [-0.4, -0.2) is 181 Å². The van der Waals surface area contributed by atoms with Crippen molar-refractivity contribution in [3.05, 3.63) is 11.6 Å². The minimum atomic E-state index is -1.83. The van der Waals surface area contributed by atoms with Crippen LogP contribution >= 0.6 is 0 Å². The summed E-state index contributed by atoms with van der Waals surface area (Å²) in [4.78, 5) is 13.8. The zero-order chi connectivity index (χ0) is 47.1. The average Bonchev–Trinajstić information content (AvgIpc) is 3.57. The van der Waals surface area contributed by atoms with Gasteiger partial charge in [-0.05, 0) is 84.4 Å². The van der Waals surface area contributed by atoms with Crippen molar-refractivity contribution in [2.75, 3.05) is 19.8 Å². The molecule has 0 unspecified atom stereocenters. The first-order valence-electron chi connectivity index (χ1n) is 23.9. The fraction of sp³-hybridized carbons (Fsp3) is 0.936. The Morgan fingerprint density at radius 2 is 1.38 bits per heavy atom. The van der Waals surface area contributed by atoms with E-state index < -0.39 is 122 Å². The van der Waals surface area contributed by atoms with Gasteiger partial charge in [0.05, 0.1) is 32.0 Å². The summed E-state index contributed by atoms with van der Waals surface area (Å²) in [6.45, 7) is 14.3. The molecule has 18 nitrogen and oxygen atoms in total. The van der Waals surface area contributed by atoms with Crippen LogP contribution in [-0.2, 0) is 38.0 Å². The van der Waals surface area contributed by atoms with Gasteiger partial charge in [-0.3, -0.25) is 4.79 Å². The predicted molar refractivity (Wildman–Crippen MR) is 224 cm³/mol. The molecule has 5 aliphatic carbocycles. The van der Waals surface area contributed by atoms with Gasteiger partial charge in [-0.2, -0.15) is 0 Å². The summed E-state index contributed by atoms with van der Waals surface area (Å²) in [5.41, 5.74) is -1.09. The van der Waals surface area contributed by atoms with Crippen molar-refractivity contribution in [2.24, 2.45) is 50.2 Å². The second-order valence-corrected chi connectivity index (χ2v) is 23.3. The van der Waals surface area contributed by atoms with Crippen LogP contribution in [0.4, 0.5) is 0 Å². The highest BCUT2D eigenvalue weighted by atomic mass is 16.8. The highest BCUT2D eigenvalue weighted by Crippen LogP contribution is 2.76. The van der Waals surface area contributed by atoms with E-state index in [-0.39, 0.29) is 58.1 Å². The first-order valence-corrected chi connectivity index (χ1v) is 23.9. The lowest BCUT2D eigenvalue weighted by Crippen LogP contribution is -2.68. The van der Waals surface area contributed by atoms with Crippen LogP contribution in [0.5, 0.6) is 0 Å². The van der Waals surface area contributed by atoms with Crippen LogP contribution in [0.1, 0.15) is 99.8 Å². The summed E-state index contributed by atoms with van der Waals surface area (Å²) in [7, 11) is 0. The number of carbonyl (C=O) groups excluding carboxylic acids is 1. The molecular formula is C47H74O18. The van der Waals surface area contributed by atoms with Crippen LogP contribution < -0.4 is 0 Å². The number of fused-ring (bicyclic) bond motifs is 7. The van der Waals surface area contributed by atoms with E-state index in [9.17, 15) is 55.9 Å². The number of aliphatic hydroxyl groups is 10. The molecule has 0 aromatic rings. The van der Waals surface area contributed by atoms with Crippen LogP contribution in [0.25, 0.3) is 0 Å². The van der Waals surface area contributed by atoms with Gasteiger partial charge < -0.3 is 84.2 Å². The molecule has 18 heteroatoms. The van der Waals surface area contributed by atoms with Crippen molar-refractivity contribution in [3.63, 3.8) is 0 Å². The van der Waals surface area contributed by atoms with E-state index in [2.05, 4.69) is 54.5 Å². The molecule has 4 heterocycles. The number of esters is 1. The van der Waals surface area contributed by atoms with Crippen molar-refractivity contribution < 1.29 is 89.0 Å². The molecule has 0 radical (unpaired) electrons. The lowest BCUT2D eigenvalue weighted by atomic mass is 9.33. The van der Waals surface area contributed by atoms with E-state index in [1.807, 2.05) is 0 Å². The van der Waals surface area contributed by atoms with Gasteiger partial charge in [0.15, 0.2) is 18.9 Å². The normalized spacial score (nSPS) is 55.8. The largest absolute Gasteiger partial charge is 0.461 e. The van der Waals surface area contributed by atoms with E-state index in [0.29, 0.717) is 19.3 Å². The zero-order valence-electron chi connectivity index (χ0n) is 38.6. The summed E-state index contributed by atoms with van der Waals surface area (Å²) >= 11 is 0. The van der Waals surface area contributed by atoms with Crippen molar-refractivity contribution in [3.8, 4) is 0 Å². The van der Waals surface area contributed by atoms with Crippen LogP contribution in [0.15, 0.2) is 11.6 Å². The molecule has 4 saturated carbocycles. The number of allylic oxidation sites excluding steroid dienone is 2. The maximum Gasteiger partial charge on any atom is 0.315 e. The fourth-order valence-corrected chi connectivity index (χ4v) is 15.2. The molecule has 65 heavy (non-hydrogen) atoms. The molecule has 0 amide bonds. The monoisotopic (exact) mass is 926 g/mol. The van der Waals surface area contributed by atoms with Crippen molar-refractivity contribution >= 4 is 5.97 Å².